The standard InChI is InChI=1S/C29H42NO.C24BF20/c1-2-3-4-5-6-7-8-10-15-25-19-21-26(22-20-25)28-18-13-14-23-30(28)24-29(31)27-16-11-9-12-17-27;26-5-1(6(27)14(35)21(42)13(5)34)25(2-7(28)15(36)22(43)16(37)8(2)29,3-9(30)17(38)23(44)18(39)10(3)31)4-11(32)19(40)24(45)20(41)12(4)33/h9,11-14,16-18,23,25-26H,2-8,10,15,19-22,24H2,1H3;/q+1;-1. The summed E-state index contributed by atoms with van der Waals surface area (Å²) >= 11 is 0. The highest BCUT2D eigenvalue weighted by molar-refractivity contribution is 7.20. The van der Waals surface area contributed by atoms with Gasteiger partial charge in [0.1, 0.15) is 52.7 Å². The van der Waals surface area contributed by atoms with Gasteiger partial charge in [0.05, 0.1) is 0 Å². The van der Waals surface area contributed by atoms with Crippen molar-refractivity contribution < 1.29 is 97.2 Å². The zero-order valence-electron chi connectivity index (χ0n) is 39.7. The van der Waals surface area contributed by atoms with E-state index < -0.39 is 144 Å². The molecule has 0 spiro atoms. The molecule has 76 heavy (non-hydrogen) atoms. The van der Waals surface area contributed by atoms with Gasteiger partial charge >= 0.3 is 0 Å². The minimum Gasteiger partial charge on any atom is -0.287 e. The number of carbonyl (C=O) groups excluding carboxylic acids is 1. The first-order valence-electron chi connectivity index (χ1n) is 23.8. The molecule has 1 saturated carbocycles. The van der Waals surface area contributed by atoms with Crippen molar-refractivity contribution in [2.45, 2.75) is 103 Å². The average molecular weight is 1100 g/mol. The van der Waals surface area contributed by atoms with Crippen LogP contribution < -0.4 is 26.4 Å². The molecule has 0 bridgehead atoms. The molecule has 23 heteroatoms. The molecule has 0 aliphatic heterocycles. The van der Waals surface area contributed by atoms with Gasteiger partial charge in [-0.05, 0) is 31.6 Å². The van der Waals surface area contributed by atoms with Crippen LogP contribution >= 0.6 is 0 Å². The predicted molar refractivity (Wildman–Crippen MR) is 239 cm³/mol. The zero-order chi connectivity index (χ0) is 56.1. The smallest absolute Gasteiger partial charge is 0.227 e. The highest BCUT2D eigenvalue weighted by atomic mass is 19.2. The maximum absolute atomic E-state index is 15.4. The van der Waals surface area contributed by atoms with Crippen LogP contribution in [-0.4, -0.2) is 11.9 Å². The van der Waals surface area contributed by atoms with Crippen molar-refractivity contribution >= 4 is 33.8 Å². The Labute approximate surface area is 421 Å². The van der Waals surface area contributed by atoms with Crippen LogP contribution in [0.3, 0.4) is 0 Å². The fraction of sp³-hybridized carbons (Fsp3) is 0.321. The van der Waals surface area contributed by atoms with Gasteiger partial charge in [-0.1, -0.05) is 101 Å². The van der Waals surface area contributed by atoms with Gasteiger partial charge in [-0.25, -0.2) is 87.8 Å². The molecule has 1 fully saturated rings. The molecular weight excluding hydrogens is 1060 g/mol. The number of benzene rings is 5. The van der Waals surface area contributed by atoms with Gasteiger partial charge in [0.25, 0.3) is 0 Å². The van der Waals surface area contributed by atoms with Crippen molar-refractivity contribution in [3.8, 4) is 0 Å². The van der Waals surface area contributed by atoms with Gasteiger partial charge in [-0.15, -0.1) is 21.9 Å². The van der Waals surface area contributed by atoms with Crippen molar-refractivity contribution in [2.75, 3.05) is 0 Å². The molecular formula is C53H42BF20NO. The van der Waals surface area contributed by atoms with E-state index in [2.05, 4.69) is 35.9 Å². The number of ketones is 1. The second kappa shape index (κ2) is 24.7. The van der Waals surface area contributed by atoms with Crippen molar-refractivity contribution in [1.29, 1.82) is 0 Å². The summed E-state index contributed by atoms with van der Waals surface area (Å²) in [6.07, 6.45) is 12.8. The normalized spacial score (nSPS) is 14.8. The molecule has 5 aromatic carbocycles. The number of hydrogen-bond donors (Lipinski definition) is 0. The first-order chi connectivity index (χ1) is 36.0. The van der Waals surface area contributed by atoms with Crippen LogP contribution in [0.2, 0.25) is 0 Å². The van der Waals surface area contributed by atoms with Crippen LogP contribution in [0.15, 0.2) is 54.7 Å². The van der Waals surface area contributed by atoms with E-state index in [1.165, 1.54) is 89.2 Å². The number of rotatable bonds is 17. The summed E-state index contributed by atoms with van der Waals surface area (Å²) in [7, 11) is 0. The molecule has 0 atom stereocenters. The van der Waals surface area contributed by atoms with Crippen LogP contribution in [-0.2, 0) is 6.54 Å². The Morgan fingerprint density at radius 1 is 0.408 bits per heavy atom. The molecule has 0 N–H and O–H groups in total. The zero-order valence-corrected chi connectivity index (χ0v) is 39.7. The quantitative estimate of drug-likeness (QED) is 0.0170. The molecule has 1 aromatic heterocycles. The van der Waals surface area contributed by atoms with Gasteiger partial charge < -0.3 is 0 Å². The highest BCUT2D eigenvalue weighted by Gasteiger charge is 2.52. The molecule has 408 valence electrons. The van der Waals surface area contributed by atoms with Crippen LogP contribution in [0.25, 0.3) is 0 Å². The molecule has 6 aromatic rings. The number of Topliss-reactive ketones (excluding diaryl/α,β-unsaturated/α-hetero) is 1. The van der Waals surface area contributed by atoms with Gasteiger partial charge in [-0.3, -0.25) is 4.79 Å². The summed E-state index contributed by atoms with van der Waals surface area (Å²) in [5.74, 6) is -69.7. The molecule has 1 aliphatic rings. The monoisotopic (exact) mass is 1100 g/mol. The number of pyridine rings is 1. The maximum atomic E-state index is 15.4. The molecule has 0 amide bonds. The van der Waals surface area contributed by atoms with Gasteiger partial charge in [-0.2, -0.15) is 4.57 Å². The fourth-order valence-electron chi connectivity index (χ4n) is 10.1. The topological polar surface area (TPSA) is 20.9 Å². The highest BCUT2D eigenvalue weighted by Crippen LogP contribution is 2.37. The average Bonchev–Trinajstić information content (AvgIpc) is 3.42. The lowest BCUT2D eigenvalue weighted by molar-refractivity contribution is -0.692. The summed E-state index contributed by atoms with van der Waals surface area (Å²) in [4.78, 5) is 12.7. The second-order valence-corrected chi connectivity index (χ2v) is 18.3. The minimum absolute atomic E-state index is 0.196. The lowest BCUT2D eigenvalue weighted by atomic mass is 9.12. The van der Waals surface area contributed by atoms with Crippen molar-refractivity contribution in [3.63, 3.8) is 0 Å². The van der Waals surface area contributed by atoms with Crippen molar-refractivity contribution in [3.05, 3.63) is 182 Å². The summed E-state index contributed by atoms with van der Waals surface area (Å²) in [6.45, 7) is 2.73. The summed E-state index contributed by atoms with van der Waals surface area (Å²) in [5, 5.41) is 0. The Morgan fingerprint density at radius 2 is 0.724 bits per heavy atom. The van der Waals surface area contributed by atoms with E-state index in [-0.39, 0.29) is 5.78 Å². The molecule has 0 unspecified atom stereocenters. The van der Waals surface area contributed by atoms with Crippen molar-refractivity contribution in [2.24, 2.45) is 5.92 Å². The Kier molecular flexibility index (Phi) is 19.1. The Hall–Kier alpha value is -6.42. The van der Waals surface area contributed by atoms with E-state index in [0.717, 1.165) is 11.5 Å². The molecule has 1 aliphatic carbocycles. The number of aromatic nitrogens is 1. The van der Waals surface area contributed by atoms with Crippen LogP contribution in [0, 0.1) is 122 Å². The number of halogens is 20. The second-order valence-electron chi connectivity index (χ2n) is 18.3. The lowest BCUT2D eigenvalue weighted by Gasteiger charge is -2.44. The number of unbranched alkanes of at least 4 members (excludes halogenated alkanes) is 7. The van der Waals surface area contributed by atoms with Crippen molar-refractivity contribution in [1.82, 2.24) is 0 Å². The van der Waals surface area contributed by atoms with Gasteiger partial charge in [0, 0.05) is 23.6 Å². The first-order valence-corrected chi connectivity index (χ1v) is 23.8. The SMILES string of the molecule is CCCCCCCCCCC1CCC(c2cccc[n+]2CC(=O)c2ccccc2)CC1.Fc1c(F)c(F)c([B-](c2c(F)c(F)c(F)c(F)c2F)(c2c(F)c(F)c(F)c(F)c2F)c2c(F)c(F)c(F)c(F)c2F)c(F)c1F. The maximum Gasteiger partial charge on any atom is 0.227 e. The van der Waals surface area contributed by atoms with Gasteiger partial charge in [0.2, 0.25) is 12.3 Å². The van der Waals surface area contributed by atoms with Crippen LogP contribution in [0.4, 0.5) is 87.8 Å². The summed E-state index contributed by atoms with van der Waals surface area (Å²) in [5.41, 5.74) is -12.2. The molecule has 0 saturated heterocycles. The molecule has 1 heterocycles. The number of carbonyl (C=O) groups is 1. The third-order valence-corrected chi connectivity index (χ3v) is 13.8. The number of hydrogen-bond acceptors (Lipinski definition) is 1. The van der Waals surface area contributed by atoms with E-state index in [9.17, 15) is 57.5 Å². The van der Waals surface area contributed by atoms with E-state index in [1.54, 1.807) is 0 Å². The Balaban J connectivity index is 0.000000264. The third kappa shape index (κ3) is 11.1. The lowest BCUT2D eigenvalue weighted by Crippen LogP contribution is -2.81. The van der Waals surface area contributed by atoms with E-state index >= 15 is 35.1 Å². The van der Waals surface area contributed by atoms with E-state index in [4.69, 9.17) is 0 Å². The third-order valence-electron chi connectivity index (χ3n) is 13.8. The minimum atomic E-state index is -7.22. The summed E-state index contributed by atoms with van der Waals surface area (Å²) < 4.78 is 296. The van der Waals surface area contributed by atoms with E-state index in [0.29, 0.717) is 12.5 Å². The van der Waals surface area contributed by atoms with Crippen LogP contribution in [0.5, 0.6) is 0 Å². The van der Waals surface area contributed by atoms with E-state index in [1.807, 2.05) is 30.3 Å². The molecule has 7 rings (SSSR count). The Bertz CT molecular complexity index is 2730. The fourth-order valence-corrected chi connectivity index (χ4v) is 10.1. The first kappa shape index (κ1) is 58.8. The predicted octanol–water partition coefficient (Wildman–Crippen LogP) is 13.5. The van der Waals surface area contributed by atoms with Gasteiger partial charge in [0.15, 0.2) is 81.7 Å². The number of nitrogens with zero attached hydrogens (tertiary/aromatic N) is 1. The molecule has 0 radical (unpaired) electrons. The Morgan fingerprint density at radius 3 is 1.08 bits per heavy atom. The molecule has 2 nitrogen and oxygen atoms in total. The van der Waals surface area contributed by atoms with Crippen LogP contribution in [0.1, 0.15) is 112 Å². The summed E-state index contributed by atoms with van der Waals surface area (Å²) in [6, 6.07) is 16.1. The largest absolute Gasteiger partial charge is 0.287 e.